The minimum Gasteiger partial charge on any atom is -0.317 e. The number of alkyl halides is 2. The first-order valence-corrected chi connectivity index (χ1v) is 35.4. The third-order valence-corrected chi connectivity index (χ3v) is 22.3. The van der Waals surface area contributed by atoms with Crippen molar-refractivity contribution in [2.24, 2.45) is 11.8 Å². The van der Waals surface area contributed by atoms with Crippen LogP contribution in [0.25, 0.3) is 99.1 Å². The van der Waals surface area contributed by atoms with E-state index in [4.69, 9.17) is 2.74 Å². The van der Waals surface area contributed by atoms with Crippen molar-refractivity contribution in [2.75, 3.05) is 39.3 Å². The summed E-state index contributed by atoms with van der Waals surface area (Å²) in [6.45, 7) is 15.6. The molecule has 5 fully saturated rings. The first-order valence-electron chi connectivity index (χ1n) is 36.5. The number of nitrogens with one attached hydrogen (secondary N) is 3. The summed E-state index contributed by atoms with van der Waals surface area (Å²) in [7, 11) is 0. The van der Waals surface area contributed by atoms with Crippen LogP contribution < -0.4 is 16.0 Å². The van der Waals surface area contributed by atoms with E-state index >= 15 is 0 Å². The Morgan fingerprint density at radius 1 is 0.410 bits per heavy atom. The Morgan fingerprint density at radius 3 is 1.19 bits per heavy atom. The van der Waals surface area contributed by atoms with Crippen molar-refractivity contribution in [2.45, 2.75) is 96.3 Å². The molecule has 6 unspecified atom stereocenters. The molecule has 5 aliphatic rings. The van der Waals surface area contributed by atoms with Gasteiger partial charge in [-0.3, -0.25) is 14.4 Å². The van der Waals surface area contributed by atoms with Crippen molar-refractivity contribution in [1.29, 1.82) is 0 Å². The Bertz CT molecular complexity index is 5230. The van der Waals surface area contributed by atoms with Crippen LogP contribution in [0.5, 0.6) is 0 Å². The molecule has 500 valence electrons. The van der Waals surface area contributed by atoms with Crippen molar-refractivity contribution in [3.05, 3.63) is 287 Å². The molecule has 2 saturated carbocycles. The van der Waals surface area contributed by atoms with Crippen LogP contribution >= 0.6 is 0 Å². The van der Waals surface area contributed by atoms with Crippen LogP contribution in [0, 0.1) is 32.6 Å². The summed E-state index contributed by atoms with van der Waals surface area (Å²) < 4.78 is 46.8. The van der Waals surface area contributed by atoms with E-state index in [2.05, 4.69) is 194 Å². The minimum atomic E-state index is -2.66. The first-order chi connectivity index (χ1) is 49.2. The lowest BCUT2D eigenvalue weighted by atomic mass is 9.86. The second kappa shape index (κ2) is 27.0. The molecular formula is C92H85F2N3O3. The van der Waals surface area contributed by atoms with Gasteiger partial charge in [0.2, 0.25) is 0 Å². The number of rotatable bonds is 12. The number of aryl methyl sites for hydroxylation is 3. The van der Waals surface area contributed by atoms with Crippen LogP contribution in [0.15, 0.2) is 237 Å². The number of piperidine rings is 3. The van der Waals surface area contributed by atoms with Gasteiger partial charge in [-0.1, -0.05) is 199 Å². The molecule has 3 heterocycles. The molecule has 3 N–H and O–H groups in total. The molecule has 0 bridgehead atoms. The number of hydrogen-bond acceptors (Lipinski definition) is 6. The molecule has 0 radical (unpaired) electrons. The van der Waals surface area contributed by atoms with Crippen LogP contribution in [0.2, 0.25) is 0 Å². The summed E-state index contributed by atoms with van der Waals surface area (Å²) in [5, 5.41) is 16.3. The molecule has 17 rings (SSSR count). The molecule has 0 spiro atoms. The number of benzene rings is 12. The molecule has 0 aromatic heterocycles. The maximum atomic E-state index is 14.7. The molecule has 100 heavy (non-hydrogen) atoms. The van der Waals surface area contributed by atoms with Gasteiger partial charge in [0.25, 0.3) is 5.92 Å². The number of carbonyl (C=O) groups excluding carboxylic acids is 3. The van der Waals surface area contributed by atoms with Crippen LogP contribution in [0.3, 0.4) is 0 Å². The predicted molar refractivity (Wildman–Crippen MR) is 408 cm³/mol. The molecule has 12 aromatic carbocycles. The summed E-state index contributed by atoms with van der Waals surface area (Å²) in [5.41, 5.74) is 21.3. The molecule has 0 amide bonds. The van der Waals surface area contributed by atoms with Crippen molar-refractivity contribution in [3.63, 3.8) is 0 Å². The molecule has 6 atom stereocenters. The van der Waals surface area contributed by atoms with Gasteiger partial charge in [-0.25, -0.2) is 8.78 Å². The molecule has 8 heteroatoms. The number of halogens is 2. The maximum Gasteiger partial charge on any atom is 0.263 e. The molecule has 6 nitrogen and oxygen atoms in total. The highest BCUT2D eigenvalue weighted by Crippen LogP contribution is 2.69. The van der Waals surface area contributed by atoms with Gasteiger partial charge in [0.15, 0.2) is 17.3 Å². The van der Waals surface area contributed by atoms with E-state index in [1.807, 2.05) is 78.9 Å². The van der Waals surface area contributed by atoms with E-state index in [9.17, 15) is 23.2 Å². The summed E-state index contributed by atoms with van der Waals surface area (Å²) in [4.78, 5) is 37.1. The number of hydrogen-bond donors (Lipinski definition) is 3. The SMILES string of the molecule is CC(=O)c1cc(-c2ccc(C34CCNCC3C4(F)F)cc2)c2ccc(-c3ccc(C)cc3)cc2c1.CC(=O)c1cc(-c2ccc(C34CCNCC3C4)cc2)c2ccc(-c3ccc(C)cc3)cc2c1.[3H]C1CNCCC1([3H])c1ccc(-c2cc(C(C)=O)cc3cc(-c4ccc(C)cc4)ccc23)cc1. The number of Topliss-reactive ketones (excluding diaryl/α,β-unsaturated/α-hetero) is 3. The van der Waals surface area contributed by atoms with E-state index in [1.165, 1.54) is 57.2 Å². The van der Waals surface area contributed by atoms with Gasteiger partial charge >= 0.3 is 0 Å². The van der Waals surface area contributed by atoms with E-state index in [0.29, 0.717) is 54.6 Å². The van der Waals surface area contributed by atoms with Crippen LogP contribution in [-0.2, 0) is 10.8 Å². The molecule has 12 aromatic rings. The summed E-state index contributed by atoms with van der Waals surface area (Å²) in [6, 6.07) is 81.6. The monoisotopic (exact) mass is 1320 g/mol. The summed E-state index contributed by atoms with van der Waals surface area (Å²) in [5.74, 6) is -3.25. The minimum absolute atomic E-state index is 0.000400. The fraction of sp³-hybridized carbons (Fsp3) is 0.250. The Hall–Kier alpha value is -9.83. The predicted octanol–water partition coefficient (Wildman–Crippen LogP) is 21.3. The Morgan fingerprint density at radius 2 is 0.790 bits per heavy atom. The van der Waals surface area contributed by atoms with Gasteiger partial charge in [-0.2, -0.15) is 0 Å². The topological polar surface area (TPSA) is 87.3 Å². The first kappa shape index (κ1) is 63.6. The van der Waals surface area contributed by atoms with E-state index < -0.39 is 29.5 Å². The Labute approximate surface area is 589 Å². The third-order valence-electron chi connectivity index (χ3n) is 22.3. The fourth-order valence-electron chi connectivity index (χ4n) is 16.2. The standard InChI is InChI=1S/C31H27F2NO.C31H29NO.C30H29NO/c1-19-3-5-21(6-4-19)23-9-12-27-25(15-23)16-24(20(2)35)17-28(27)22-7-10-26(11-8-22)30-13-14-34-18-29(30)31(30,32)33;1-20-3-5-22(6-4-20)24-9-12-29-26(15-24)16-25(21(2)33)17-30(29)23-7-10-27(11-8-23)31-13-14-32-19-28(31)18-31;1-20-3-5-23(6-4-20)26-11-12-29-28(17-26)18-27(21(2)32)19-30(29)25-9-7-22(8-10-25)24-13-15-31-16-14-24/h3-12,15-17,29,34H,13-14,18H2,1-2H3;3-12,15-17,28,32H,13-14,18-19H2,1-2H3;3-12,17-19,24,31H,13-16H2,1-2H3/i;;13T,24T. The molecule has 3 saturated heterocycles. The second-order valence-electron chi connectivity index (χ2n) is 28.7. The van der Waals surface area contributed by atoms with Gasteiger partial charge in [-0.15, -0.1) is 0 Å². The third kappa shape index (κ3) is 12.8. The van der Waals surface area contributed by atoms with E-state index in [1.54, 1.807) is 20.8 Å². The quantitative estimate of drug-likeness (QED) is 0.106. The maximum absolute atomic E-state index is 14.7. The molecular weight excluding hydrogens is 1230 g/mol. The van der Waals surface area contributed by atoms with Crippen molar-refractivity contribution < 1.29 is 25.9 Å². The molecule has 3 aliphatic heterocycles. The van der Waals surface area contributed by atoms with E-state index in [-0.39, 0.29) is 17.3 Å². The van der Waals surface area contributed by atoms with Crippen molar-refractivity contribution >= 4 is 49.7 Å². The zero-order valence-corrected chi connectivity index (χ0v) is 57.8. The second-order valence-corrected chi connectivity index (χ2v) is 28.7. The van der Waals surface area contributed by atoms with Gasteiger partial charge in [0, 0.05) is 31.4 Å². The highest BCUT2D eigenvalue weighted by molar-refractivity contribution is 6.08. The molecule has 2 aliphatic carbocycles. The lowest BCUT2D eigenvalue weighted by Crippen LogP contribution is -2.31. The smallest absolute Gasteiger partial charge is 0.263 e. The van der Waals surface area contributed by atoms with E-state index in [0.717, 1.165) is 114 Å². The summed E-state index contributed by atoms with van der Waals surface area (Å²) >= 11 is 0. The van der Waals surface area contributed by atoms with Crippen LogP contribution in [-0.4, -0.2) is 62.5 Å². The van der Waals surface area contributed by atoms with Gasteiger partial charge in [0.1, 0.15) is 0 Å². The highest BCUT2D eigenvalue weighted by Gasteiger charge is 2.80. The number of ketones is 3. The van der Waals surface area contributed by atoms with Crippen LogP contribution in [0.1, 0.15) is 126 Å². The lowest BCUT2D eigenvalue weighted by molar-refractivity contribution is 0.0780. The summed E-state index contributed by atoms with van der Waals surface area (Å²) in [6.07, 6.45) is 3.14. The number of fused-ring (bicyclic) bond motifs is 5. The lowest BCUT2D eigenvalue weighted by Gasteiger charge is -2.23. The van der Waals surface area contributed by atoms with Crippen molar-refractivity contribution in [1.82, 2.24) is 16.0 Å². The largest absolute Gasteiger partial charge is 0.317 e. The van der Waals surface area contributed by atoms with Gasteiger partial charge in [-0.05, 0) is 289 Å². The Kier molecular flexibility index (Phi) is 17.2. The highest BCUT2D eigenvalue weighted by atomic mass is 19.3. The van der Waals surface area contributed by atoms with Gasteiger partial charge in [0.05, 0.1) is 11.3 Å². The average molecular weight is 1320 g/mol. The van der Waals surface area contributed by atoms with Crippen molar-refractivity contribution in [3.8, 4) is 66.8 Å². The van der Waals surface area contributed by atoms with Crippen LogP contribution in [0.4, 0.5) is 8.78 Å². The zero-order chi connectivity index (χ0) is 70.8. The fourth-order valence-corrected chi connectivity index (χ4v) is 16.2. The Balaban J connectivity index is 0.000000124. The zero-order valence-electron chi connectivity index (χ0n) is 59.8. The van der Waals surface area contributed by atoms with Gasteiger partial charge < -0.3 is 16.0 Å². The number of carbonyl (C=O) groups is 3. The average Bonchev–Trinajstić information content (AvgIpc) is 1.50. The normalized spacial score (nSPS) is 22.0.